The Kier molecular flexibility index (Phi) is 6.83. The summed E-state index contributed by atoms with van der Waals surface area (Å²) >= 11 is 0. The lowest BCUT2D eigenvalue weighted by atomic mass is 9.84. The zero-order chi connectivity index (χ0) is 27.4. The molecule has 15 heteroatoms. The molecule has 0 bridgehead atoms. The largest absolute Gasteiger partial charge is 0.467 e. The highest BCUT2D eigenvalue weighted by Crippen LogP contribution is 2.47. The van der Waals surface area contributed by atoms with Crippen molar-refractivity contribution >= 4 is 28.9 Å². The van der Waals surface area contributed by atoms with Crippen molar-refractivity contribution in [3.8, 4) is 0 Å². The summed E-state index contributed by atoms with van der Waals surface area (Å²) in [6.07, 6.45) is -5.25. The van der Waals surface area contributed by atoms with Gasteiger partial charge in [-0.05, 0) is 13.8 Å². The summed E-state index contributed by atoms with van der Waals surface area (Å²) < 4.78 is 35.7. The zero-order valence-corrected chi connectivity index (χ0v) is 21.1. The van der Waals surface area contributed by atoms with Gasteiger partial charge in [-0.2, -0.15) is 0 Å². The topological polar surface area (TPSA) is 200 Å². The summed E-state index contributed by atoms with van der Waals surface area (Å²) in [6, 6.07) is 0. The third-order valence-electron chi connectivity index (χ3n) is 7.21. The van der Waals surface area contributed by atoms with E-state index in [0.29, 0.717) is 11.2 Å². The molecule has 0 spiro atoms. The number of hydrogen-bond acceptors (Lipinski definition) is 14. The molecule has 4 N–H and O–H groups in total. The molecule has 0 saturated carbocycles. The van der Waals surface area contributed by atoms with Crippen LogP contribution in [0.4, 0.5) is 5.82 Å². The Morgan fingerprint density at radius 2 is 2.03 bits per heavy atom. The van der Waals surface area contributed by atoms with Crippen LogP contribution in [0.2, 0.25) is 0 Å². The van der Waals surface area contributed by atoms with Crippen molar-refractivity contribution in [2.75, 3.05) is 20.0 Å². The number of carbonyl (C=O) groups is 2. The van der Waals surface area contributed by atoms with Gasteiger partial charge in [-0.25, -0.2) is 24.5 Å². The van der Waals surface area contributed by atoms with Gasteiger partial charge in [-0.3, -0.25) is 4.57 Å². The van der Waals surface area contributed by atoms with E-state index in [1.54, 1.807) is 11.5 Å². The Bertz CT molecular complexity index is 1270. The maximum atomic E-state index is 12.7. The van der Waals surface area contributed by atoms with E-state index in [2.05, 4.69) is 15.0 Å². The fourth-order valence-electron chi connectivity index (χ4n) is 5.10. The Hall–Kier alpha value is -3.21. The summed E-state index contributed by atoms with van der Waals surface area (Å²) in [5, 5.41) is 22.7. The predicted octanol–water partition coefficient (Wildman–Crippen LogP) is -1.02. The number of nitrogens with zero attached hydrogens (tertiary/aromatic N) is 4. The molecule has 3 saturated heterocycles. The van der Waals surface area contributed by atoms with Crippen molar-refractivity contribution in [3.05, 3.63) is 24.3 Å². The number of nitrogen functional groups attached to an aromatic ring is 1. The number of aliphatic hydroxyl groups is 2. The summed E-state index contributed by atoms with van der Waals surface area (Å²) in [5.41, 5.74) is 6.90. The van der Waals surface area contributed by atoms with E-state index in [9.17, 15) is 19.8 Å². The van der Waals surface area contributed by atoms with E-state index < -0.39 is 66.7 Å². The minimum atomic E-state index is -2.35. The Morgan fingerprint density at radius 1 is 1.26 bits per heavy atom. The lowest BCUT2D eigenvalue weighted by molar-refractivity contribution is -0.397. The second-order valence-electron chi connectivity index (χ2n) is 9.28. The number of anilines is 1. The number of rotatable bonds is 5. The van der Waals surface area contributed by atoms with Gasteiger partial charge in [0, 0.05) is 19.1 Å². The highest BCUT2D eigenvalue weighted by atomic mass is 16.7. The number of imidazole rings is 1. The van der Waals surface area contributed by atoms with E-state index in [1.165, 1.54) is 32.8 Å². The Labute approximate surface area is 216 Å². The van der Waals surface area contributed by atoms with Gasteiger partial charge in [0.25, 0.3) is 0 Å². The van der Waals surface area contributed by atoms with Crippen LogP contribution >= 0.6 is 0 Å². The number of allylic oxidation sites excluding steroid dienone is 1. The molecule has 0 radical (unpaired) electrons. The molecule has 38 heavy (non-hydrogen) atoms. The van der Waals surface area contributed by atoms with E-state index in [4.69, 9.17) is 34.2 Å². The standard InChI is InChI=1S/C23H29N5O10/c1-5-9(2)21(30)37-17-13(29)15(22(31)34-4)36-11-6-10-14(38-23(11,17)32)16(33-3)20(35-10)28-8-27-12-18(24)25-7-26-19(12)28/h5,7-8,10-11,13-17,20,29,32H,6H2,1-4H3,(H2,24,25,26). The molecule has 2 aromatic rings. The van der Waals surface area contributed by atoms with Crippen molar-refractivity contribution in [1.82, 2.24) is 19.5 Å². The van der Waals surface area contributed by atoms with Gasteiger partial charge in [0.05, 0.1) is 19.5 Å². The molecule has 0 aromatic carbocycles. The van der Waals surface area contributed by atoms with E-state index in [0.717, 1.165) is 7.11 Å². The second-order valence-corrected chi connectivity index (χ2v) is 9.28. The number of carbonyl (C=O) groups excluding carboxylic acids is 2. The number of ether oxygens (including phenoxy) is 6. The Balaban J connectivity index is 1.50. The minimum absolute atomic E-state index is 0.00184. The van der Waals surface area contributed by atoms with Crippen molar-refractivity contribution in [1.29, 1.82) is 0 Å². The monoisotopic (exact) mass is 535 g/mol. The number of aliphatic hydroxyl groups excluding tert-OH is 1. The average Bonchev–Trinajstić information content (AvgIpc) is 3.49. The van der Waals surface area contributed by atoms with E-state index in [1.807, 2.05) is 0 Å². The number of hydrogen-bond donors (Lipinski definition) is 3. The van der Waals surface area contributed by atoms with Gasteiger partial charge in [-0.1, -0.05) is 6.08 Å². The lowest BCUT2D eigenvalue weighted by Gasteiger charge is -2.52. The minimum Gasteiger partial charge on any atom is -0.467 e. The van der Waals surface area contributed by atoms with Gasteiger partial charge in [0.2, 0.25) is 5.79 Å². The maximum absolute atomic E-state index is 12.7. The number of methoxy groups -OCH3 is 2. The summed E-state index contributed by atoms with van der Waals surface area (Å²) in [4.78, 5) is 37.5. The third-order valence-corrected chi connectivity index (χ3v) is 7.21. The van der Waals surface area contributed by atoms with Gasteiger partial charge >= 0.3 is 11.9 Å². The van der Waals surface area contributed by atoms with Crippen LogP contribution in [-0.4, -0.2) is 104 Å². The smallest absolute Gasteiger partial charge is 0.337 e. The number of esters is 2. The number of fused-ring (bicyclic) bond motifs is 3. The first-order chi connectivity index (χ1) is 18.1. The zero-order valence-electron chi connectivity index (χ0n) is 21.1. The highest BCUT2D eigenvalue weighted by Gasteiger charge is 2.67. The predicted molar refractivity (Wildman–Crippen MR) is 125 cm³/mol. The SMILES string of the molecule is CC=C(C)C(=O)OC1C(O)C(C(=O)OC)OC2CC3OC(n4cnc5c(N)ncnc54)C(OC)C3OC21O. The molecule has 3 aliphatic rings. The molecule has 5 heterocycles. The molecule has 9 unspecified atom stereocenters. The molecule has 5 rings (SSSR count). The molecule has 0 aliphatic carbocycles. The van der Waals surface area contributed by atoms with E-state index in [-0.39, 0.29) is 17.8 Å². The van der Waals surface area contributed by atoms with Crippen molar-refractivity contribution in [2.24, 2.45) is 0 Å². The van der Waals surface area contributed by atoms with Crippen LogP contribution in [-0.2, 0) is 38.0 Å². The van der Waals surface area contributed by atoms with Crippen LogP contribution in [0.5, 0.6) is 0 Å². The first kappa shape index (κ1) is 26.4. The number of nitrogens with two attached hydrogens (primary N) is 1. The fraction of sp³-hybridized carbons (Fsp3) is 0.609. The van der Waals surface area contributed by atoms with Crippen LogP contribution in [0, 0.1) is 0 Å². The number of aromatic nitrogens is 4. The molecule has 0 amide bonds. The van der Waals surface area contributed by atoms with Gasteiger partial charge in [0.15, 0.2) is 29.9 Å². The molecule has 3 aliphatic heterocycles. The Morgan fingerprint density at radius 3 is 2.71 bits per heavy atom. The van der Waals surface area contributed by atoms with Gasteiger partial charge in [-0.15, -0.1) is 0 Å². The fourth-order valence-corrected chi connectivity index (χ4v) is 5.10. The molecule has 9 atom stereocenters. The summed E-state index contributed by atoms with van der Waals surface area (Å²) in [5.74, 6) is -3.89. The van der Waals surface area contributed by atoms with Crippen LogP contribution < -0.4 is 5.73 Å². The van der Waals surface area contributed by atoms with Crippen LogP contribution in [0.1, 0.15) is 26.5 Å². The van der Waals surface area contributed by atoms with E-state index >= 15 is 0 Å². The lowest BCUT2D eigenvalue weighted by Crippen LogP contribution is -2.73. The molecular weight excluding hydrogens is 506 g/mol. The molecule has 3 fully saturated rings. The summed E-state index contributed by atoms with van der Waals surface area (Å²) in [7, 11) is 2.56. The van der Waals surface area contributed by atoms with Gasteiger partial charge in [0.1, 0.15) is 36.3 Å². The highest BCUT2D eigenvalue weighted by molar-refractivity contribution is 5.88. The molecule has 206 valence electrons. The summed E-state index contributed by atoms with van der Waals surface area (Å²) in [6.45, 7) is 3.14. The van der Waals surface area contributed by atoms with Crippen LogP contribution in [0.3, 0.4) is 0 Å². The van der Waals surface area contributed by atoms with Crippen molar-refractivity contribution in [2.45, 2.75) is 75.0 Å². The van der Waals surface area contributed by atoms with Crippen LogP contribution in [0.25, 0.3) is 11.2 Å². The van der Waals surface area contributed by atoms with Crippen molar-refractivity contribution in [3.63, 3.8) is 0 Å². The first-order valence-corrected chi connectivity index (χ1v) is 11.9. The average molecular weight is 536 g/mol. The van der Waals surface area contributed by atoms with Crippen molar-refractivity contribution < 1.29 is 48.2 Å². The molecule has 15 nitrogen and oxygen atoms in total. The van der Waals surface area contributed by atoms with Gasteiger partial charge < -0.3 is 44.4 Å². The maximum Gasteiger partial charge on any atom is 0.337 e. The quantitative estimate of drug-likeness (QED) is 0.310. The molecule has 2 aromatic heterocycles. The second kappa shape index (κ2) is 9.83. The first-order valence-electron chi connectivity index (χ1n) is 11.9. The third kappa shape index (κ3) is 4.02. The van der Waals surface area contributed by atoms with Crippen LogP contribution in [0.15, 0.2) is 24.3 Å². The normalized spacial score (nSPS) is 36.9. The molecular formula is C23H29N5O10.